The van der Waals surface area contributed by atoms with E-state index in [-0.39, 0.29) is 30.3 Å². The number of hydrogen-bond acceptors (Lipinski definition) is 4. The third-order valence-electron chi connectivity index (χ3n) is 4.52. The molecular formula is C17H24ClN3O3. The van der Waals surface area contributed by atoms with Gasteiger partial charge in [0.25, 0.3) is 5.91 Å². The van der Waals surface area contributed by atoms with Crippen molar-refractivity contribution in [2.45, 2.75) is 38.3 Å². The Kier molecular flexibility index (Phi) is 6.07. The Morgan fingerprint density at radius 1 is 1.29 bits per heavy atom. The van der Waals surface area contributed by atoms with Crippen LogP contribution in [0.3, 0.4) is 0 Å². The minimum atomic E-state index is -0.520. The lowest BCUT2D eigenvalue weighted by molar-refractivity contribution is -0.132. The van der Waals surface area contributed by atoms with E-state index >= 15 is 0 Å². The monoisotopic (exact) mass is 353 g/mol. The van der Waals surface area contributed by atoms with Gasteiger partial charge in [-0.3, -0.25) is 9.59 Å². The number of carbonyl (C=O) groups is 2. The zero-order valence-electron chi connectivity index (χ0n) is 13.8. The summed E-state index contributed by atoms with van der Waals surface area (Å²) in [6.07, 6.45) is 1.50. The summed E-state index contributed by atoms with van der Waals surface area (Å²) in [7, 11) is 0. The predicted octanol–water partition coefficient (Wildman–Crippen LogP) is 1.56. The summed E-state index contributed by atoms with van der Waals surface area (Å²) < 4.78 is 5.61. The molecule has 24 heavy (non-hydrogen) atoms. The maximum Gasteiger partial charge on any atom is 0.267 e. The topological polar surface area (TPSA) is 75.9 Å². The molecule has 3 rings (SSSR count). The molecule has 0 bridgehead atoms. The van der Waals surface area contributed by atoms with Gasteiger partial charge in [0.2, 0.25) is 5.91 Å². The Morgan fingerprint density at radius 2 is 1.96 bits per heavy atom. The van der Waals surface area contributed by atoms with Gasteiger partial charge in [-0.1, -0.05) is 12.1 Å². The molecule has 0 spiro atoms. The molecule has 0 saturated carbocycles. The molecule has 1 unspecified atom stereocenters. The lowest BCUT2D eigenvalue weighted by Gasteiger charge is -2.34. The molecule has 2 amide bonds. The Morgan fingerprint density at radius 3 is 2.67 bits per heavy atom. The number of nitrogens with zero attached hydrogens (tertiary/aromatic N) is 2. The largest absolute Gasteiger partial charge is 0.479 e. The number of para-hydroxylation sites is 2. The van der Waals surface area contributed by atoms with Crippen LogP contribution in [0.15, 0.2) is 24.3 Å². The number of amides is 2. The number of piperidine rings is 1. The zero-order chi connectivity index (χ0) is 16.4. The molecule has 7 heteroatoms. The van der Waals surface area contributed by atoms with Gasteiger partial charge in [0.05, 0.1) is 5.69 Å². The average Bonchev–Trinajstić information content (AvgIpc) is 2.55. The Bertz CT molecular complexity index is 602. The smallest absolute Gasteiger partial charge is 0.267 e. The first-order valence-corrected chi connectivity index (χ1v) is 8.16. The number of hydrogen-bond donors (Lipinski definition) is 1. The van der Waals surface area contributed by atoms with Crippen LogP contribution in [0.2, 0.25) is 0 Å². The van der Waals surface area contributed by atoms with Crippen molar-refractivity contribution in [3.63, 3.8) is 0 Å². The summed E-state index contributed by atoms with van der Waals surface area (Å²) in [5.74, 6) is 0.675. The summed E-state index contributed by atoms with van der Waals surface area (Å²) in [6.45, 7) is 3.54. The van der Waals surface area contributed by atoms with Gasteiger partial charge < -0.3 is 20.3 Å². The molecule has 2 N–H and O–H groups in total. The lowest BCUT2D eigenvalue weighted by atomic mass is 10.1. The lowest BCUT2D eigenvalue weighted by Crippen LogP contribution is -2.47. The van der Waals surface area contributed by atoms with Crippen molar-refractivity contribution in [2.75, 3.05) is 24.5 Å². The van der Waals surface area contributed by atoms with Crippen LogP contribution >= 0.6 is 12.4 Å². The van der Waals surface area contributed by atoms with Gasteiger partial charge in [0, 0.05) is 32.1 Å². The molecule has 1 fully saturated rings. The van der Waals surface area contributed by atoms with Crippen molar-refractivity contribution in [2.24, 2.45) is 5.73 Å². The van der Waals surface area contributed by atoms with Crippen LogP contribution in [0.5, 0.6) is 5.75 Å². The van der Waals surface area contributed by atoms with Crippen LogP contribution in [0, 0.1) is 0 Å². The molecule has 1 atom stereocenters. The second-order valence-electron chi connectivity index (χ2n) is 6.19. The van der Waals surface area contributed by atoms with E-state index in [1.54, 1.807) is 11.8 Å². The molecule has 0 aliphatic carbocycles. The Balaban J connectivity index is 0.00000208. The zero-order valence-corrected chi connectivity index (χ0v) is 14.6. The molecule has 2 heterocycles. The van der Waals surface area contributed by atoms with Crippen molar-refractivity contribution in [3.8, 4) is 5.75 Å². The van der Waals surface area contributed by atoms with E-state index in [1.807, 2.05) is 29.2 Å². The van der Waals surface area contributed by atoms with Crippen molar-refractivity contribution in [1.29, 1.82) is 0 Å². The van der Waals surface area contributed by atoms with E-state index in [0.29, 0.717) is 31.8 Å². The first-order chi connectivity index (χ1) is 11.1. The molecule has 132 valence electrons. The quantitative estimate of drug-likeness (QED) is 0.894. The molecule has 1 aromatic carbocycles. The fraction of sp³-hybridized carbons (Fsp3) is 0.529. The second-order valence-corrected chi connectivity index (χ2v) is 6.19. The molecular weight excluding hydrogens is 330 g/mol. The van der Waals surface area contributed by atoms with Gasteiger partial charge in [-0.2, -0.15) is 0 Å². The summed E-state index contributed by atoms with van der Waals surface area (Å²) in [6, 6.07) is 7.64. The summed E-state index contributed by atoms with van der Waals surface area (Å²) in [5, 5.41) is 0. The maximum absolute atomic E-state index is 12.4. The third kappa shape index (κ3) is 3.82. The highest BCUT2D eigenvalue weighted by Crippen LogP contribution is 2.33. The summed E-state index contributed by atoms with van der Waals surface area (Å²) in [4.78, 5) is 28.3. The number of rotatable bonds is 3. The fourth-order valence-electron chi connectivity index (χ4n) is 3.10. The number of benzene rings is 1. The number of likely N-dealkylation sites (tertiary alicyclic amines) is 1. The first-order valence-electron chi connectivity index (χ1n) is 8.16. The van der Waals surface area contributed by atoms with E-state index in [1.165, 1.54) is 0 Å². The van der Waals surface area contributed by atoms with Gasteiger partial charge >= 0.3 is 0 Å². The number of carbonyl (C=O) groups excluding carboxylic acids is 2. The van der Waals surface area contributed by atoms with Crippen LogP contribution in [-0.2, 0) is 9.59 Å². The van der Waals surface area contributed by atoms with Crippen molar-refractivity contribution >= 4 is 29.9 Å². The maximum atomic E-state index is 12.4. The van der Waals surface area contributed by atoms with E-state index in [9.17, 15) is 9.59 Å². The van der Waals surface area contributed by atoms with Gasteiger partial charge in [-0.15, -0.1) is 12.4 Å². The molecule has 0 aromatic heterocycles. The van der Waals surface area contributed by atoms with E-state index in [4.69, 9.17) is 10.5 Å². The average molecular weight is 354 g/mol. The molecule has 6 nitrogen and oxygen atoms in total. The van der Waals surface area contributed by atoms with Gasteiger partial charge in [0.15, 0.2) is 6.10 Å². The number of halogens is 1. The van der Waals surface area contributed by atoms with Crippen molar-refractivity contribution in [1.82, 2.24) is 4.90 Å². The molecule has 1 saturated heterocycles. The van der Waals surface area contributed by atoms with Crippen LogP contribution in [0.25, 0.3) is 0 Å². The highest BCUT2D eigenvalue weighted by Gasteiger charge is 2.31. The predicted molar refractivity (Wildman–Crippen MR) is 94.5 cm³/mol. The highest BCUT2D eigenvalue weighted by atomic mass is 35.5. The first kappa shape index (κ1) is 18.5. The van der Waals surface area contributed by atoms with E-state index in [2.05, 4.69) is 0 Å². The van der Waals surface area contributed by atoms with Crippen molar-refractivity contribution in [3.05, 3.63) is 24.3 Å². The standard InChI is InChI=1S/C17H23N3O3.ClH/c1-12-17(22)20(14-4-2-3-5-15(14)23-12)11-8-16(21)19-9-6-13(18)7-10-19;/h2-5,12-13H,6-11,18H2,1H3;1H. The molecule has 2 aliphatic rings. The SMILES string of the molecule is CC1Oc2ccccc2N(CCC(=O)N2CCC(N)CC2)C1=O.Cl. The van der Waals surface area contributed by atoms with E-state index in [0.717, 1.165) is 18.5 Å². The molecule has 1 aromatic rings. The van der Waals surface area contributed by atoms with Gasteiger partial charge in [0.1, 0.15) is 5.75 Å². The number of ether oxygens (including phenoxy) is 1. The minimum absolute atomic E-state index is 0. The Labute approximate surface area is 148 Å². The second kappa shape index (κ2) is 7.85. The third-order valence-corrected chi connectivity index (χ3v) is 4.52. The number of fused-ring (bicyclic) bond motifs is 1. The number of anilines is 1. The molecule has 2 aliphatic heterocycles. The van der Waals surface area contributed by atoms with E-state index < -0.39 is 6.10 Å². The normalized spacial score (nSPS) is 20.9. The molecule has 0 radical (unpaired) electrons. The van der Waals surface area contributed by atoms with Crippen LogP contribution in [-0.4, -0.2) is 48.5 Å². The Hall–Kier alpha value is -1.79. The highest BCUT2D eigenvalue weighted by molar-refractivity contribution is 6.00. The van der Waals surface area contributed by atoms with Crippen molar-refractivity contribution < 1.29 is 14.3 Å². The number of nitrogens with two attached hydrogens (primary N) is 1. The van der Waals surface area contributed by atoms with Crippen LogP contribution < -0.4 is 15.4 Å². The van der Waals surface area contributed by atoms with Gasteiger partial charge in [-0.05, 0) is 31.9 Å². The summed E-state index contributed by atoms with van der Waals surface area (Å²) >= 11 is 0. The van der Waals surface area contributed by atoms with Gasteiger partial charge in [-0.25, -0.2) is 0 Å². The fourth-order valence-corrected chi connectivity index (χ4v) is 3.10. The van der Waals surface area contributed by atoms with Crippen LogP contribution in [0.1, 0.15) is 26.2 Å². The minimum Gasteiger partial charge on any atom is -0.479 e. The van der Waals surface area contributed by atoms with Crippen LogP contribution in [0.4, 0.5) is 5.69 Å². The summed E-state index contributed by atoms with van der Waals surface area (Å²) in [5.41, 5.74) is 6.61.